The Bertz CT molecular complexity index is 1250. The zero-order valence-corrected chi connectivity index (χ0v) is 27.2. The van der Waals surface area contributed by atoms with E-state index in [2.05, 4.69) is 39.8 Å². The van der Waals surface area contributed by atoms with Crippen LogP contribution >= 0.6 is 11.8 Å². The van der Waals surface area contributed by atoms with Gasteiger partial charge in [0.05, 0.1) is 0 Å². The summed E-state index contributed by atoms with van der Waals surface area (Å²) in [7, 11) is 0. The number of aliphatic hydroxyl groups excluding tert-OH is 3. The van der Waals surface area contributed by atoms with Gasteiger partial charge in [-0.3, -0.25) is 9.59 Å². The van der Waals surface area contributed by atoms with Gasteiger partial charge in [0.15, 0.2) is 0 Å². The Hall–Kier alpha value is -2.47. The Labute approximate surface area is 265 Å². The van der Waals surface area contributed by atoms with Gasteiger partial charge in [0.1, 0.15) is 35.4 Å². The molecule has 0 radical (unpaired) electrons. The quantitative estimate of drug-likeness (QED) is 0.229. The smallest absolute Gasteiger partial charge is 0.245 e. The second kappa shape index (κ2) is 15.7. The fraction of sp³-hybridized carbons (Fsp3) is 0.588. The monoisotopic (exact) mass is 627 g/mol. The number of nitrogens with zero attached hydrogens (tertiary/aromatic N) is 1. The molecule has 242 valence electrons. The van der Waals surface area contributed by atoms with Crippen molar-refractivity contribution in [1.82, 2.24) is 15.5 Å². The summed E-state index contributed by atoms with van der Waals surface area (Å²) in [5.74, 6) is -0.293. The highest BCUT2D eigenvalue weighted by Gasteiger charge is 2.44. The van der Waals surface area contributed by atoms with Gasteiger partial charge in [0.25, 0.3) is 0 Å². The zero-order chi connectivity index (χ0) is 31.9. The van der Waals surface area contributed by atoms with Gasteiger partial charge in [-0.05, 0) is 100 Å². The molecule has 2 aromatic rings. The number of aliphatic hydroxyl groups is 3. The summed E-state index contributed by atoms with van der Waals surface area (Å²) in [5.41, 5.74) is 3.65. The summed E-state index contributed by atoms with van der Waals surface area (Å²) in [5, 5.41) is 37.0. The highest BCUT2D eigenvalue weighted by molar-refractivity contribution is 7.99. The van der Waals surface area contributed by atoms with Crippen molar-refractivity contribution in [3.8, 4) is 0 Å². The summed E-state index contributed by atoms with van der Waals surface area (Å²) in [4.78, 5) is 27.6. The summed E-state index contributed by atoms with van der Waals surface area (Å²) in [6.07, 6.45) is 2.32. The second-order valence-electron chi connectivity index (χ2n) is 12.6. The van der Waals surface area contributed by atoms with Crippen molar-refractivity contribution in [3.63, 3.8) is 0 Å². The fourth-order valence-electron chi connectivity index (χ4n) is 5.90. The van der Waals surface area contributed by atoms with Crippen LogP contribution < -0.4 is 10.6 Å². The van der Waals surface area contributed by atoms with Crippen molar-refractivity contribution in [2.75, 3.05) is 32.4 Å². The number of likely N-dealkylation sites (tertiary alicyclic amines) is 1. The lowest BCUT2D eigenvalue weighted by Crippen LogP contribution is -2.55. The number of aryl methyl sites for hydroxylation is 2. The second-order valence-corrected chi connectivity index (χ2v) is 13.6. The molecule has 2 aliphatic rings. The van der Waals surface area contributed by atoms with E-state index in [1.807, 2.05) is 25.1 Å². The van der Waals surface area contributed by atoms with Crippen molar-refractivity contribution in [2.45, 2.75) is 94.7 Å². The topological polar surface area (TPSA) is 131 Å². The van der Waals surface area contributed by atoms with Gasteiger partial charge >= 0.3 is 0 Å². The lowest BCUT2D eigenvalue weighted by molar-refractivity contribution is -0.200. The predicted molar refractivity (Wildman–Crippen MR) is 173 cm³/mol. The molecule has 0 aliphatic carbocycles. The molecule has 0 aromatic heterocycles. The molecule has 9 nitrogen and oxygen atoms in total. The average Bonchev–Trinajstić information content (AvgIpc) is 3.51. The number of benzene rings is 2. The van der Waals surface area contributed by atoms with E-state index in [0.717, 1.165) is 53.9 Å². The Morgan fingerprint density at radius 3 is 2.36 bits per heavy atom. The lowest BCUT2D eigenvalue weighted by Gasteiger charge is -2.40. The van der Waals surface area contributed by atoms with Gasteiger partial charge in [-0.2, -0.15) is 0 Å². The molecule has 2 aliphatic heterocycles. The first-order chi connectivity index (χ1) is 21.0. The van der Waals surface area contributed by atoms with Gasteiger partial charge < -0.3 is 35.6 Å². The minimum absolute atomic E-state index is 0.130. The summed E-state index contributed by atoms with van der Waals surface area (Å²) in [6.45, 7) is 9.13. The molecule has 5 N–H and O–H groups in total. The molecule has 10 heteroatoms. The van der Waals surface area contributed by atoms with E-state index in [4.69, 9.17) is 4.74 Å². The molecule has 0 bridgehead atoms. The van der Waals surface area contributed by atoms with Gasteiger partial charge in [0, 0.05) is 19.5 Å². The molecule has 44 heavy (non-hydrogen) atoms. The molecule has 5 atom stereocenters. The van der Waals surface area contributed by atoms with Gasteiger partial charge in [-0.15, -0.1) is 11.8 Å². The van der Waals surface area contributed by atoms with E-state index >= 15 is 0 Å². The number of carbonyl (C=O) groups excluding carboxylic acids is 2. The van der Waals surface area contributed by atoms with E-state index < -0.39 is 35.4 Å². The van der Waals surface area contributed by atoms with Gasteiger partial charge in [0.2, 0.25) is 11.8 Å². The lowest BCUT2D eigenvalue weighted by atomic mass is 9.91. The van der Waals surface area contributed by atoms with Crippen LogP contribution in [0.5, 0.6) is 0 Å². The molecule has 0 unspecified atom stereocenters. The fourth-order valence-corrected chi connectivity index (χ4v) is 6.57. The van der Waals surface area contributed by atoms with Crippen molar-refractivity contribution in [2.24, 2.45) is 0 Å². The molecule has 2 heterocycles. The van der Waals surface area contributed by atoms with Crippen LogP contribution in [0.4, 0.5) is 0 Å². The minimum Gasteiger partial charge on any atom is -0.387 e. The number of carbonyl (C=O) groups is 2. The standard InChI is InChI=1S/C34H49N3O6S/c1-22-10-15-25(31-29(40)28(39)30(41)32(43-31)44-4)21-26(22)20-24-13-11-23(12-14-24)8-7-9-27(38)36-34(2,3)33(42)35-16-19-37-17-5-6-18-37/h10-15,21,28-32,39-41H,5-9,16-20H2,1-4H3,(H,35,42)(H,36,38)/t28-,29-,30+,31+,32-/m1/s1. The Morgan fingerprint density at radius 1 is 1.00 bits per heavy atom. The van der Waals surface area contributed by atoms with Crippen molar-refractivity contribution >= 4 is 23.6 Å². The molecule has 2 aromatic carbocycles. The molecule has 0 saturated carbocycles. The van der Waals surface area contributed by atoms with Crippen LogP contribution in [0, 0.1) is 6.92 Å². The maximum Gasteiger partial charge on any atom is 0.245 e. The summed E-state index contributed by atoms with van der Waals surface area (Å²) >= 11 is 1.30. The number of hydrogen-bond donors (Lipinski definition) is 5. The number of thioether (sulfide) groups is 1. The summed E-state index contributed by atoms with van der Waals surface area (Å²) in [6, 6.07) is 14.2. The van der Waals surface area contributed by atoms with Crippen LogP contribution in [-0.4, -0.2) is 93.8 Å². The maximum atomic E-state index is 12.6. The molecule has 4 rings (SSSR count). The van der Waals surface area contributed by atoms with E-state index in [1.54, 1.807) is 20.1 Å². The minimum atomic E-state index is -1.28. The highest BCUT2D eigenvalue weighted by atomic mass is 32.2. The molecule has 2 fully saturated rings. The SMILES string of the molecule is CS[C@H]1O[C@@H](c2ccc(C)c(Cc3ccc(CCCC(=O)NC(C)(C)C(=O)NCCN4CCCC4)cc3)c2)[C@H](O)[C@@H](O)[C@@H]1O. The van der Waals surface area contributed by atoms with E-state index in [9.17, 15) is 24.9 Å². The van der Waals surface area contributed by atoms with Gasteiger partial charge in [-0.25, -0.2) is 0 Å². The highest BCUT2D eigenvalue weighted by Crippen LogP contribution is 2.36. The number of rotatable bonds is 13. The van der Waals surface area contributed by atoms with Gasteiger partial charge in [-0.1, -0.05) is 42.5 Å². The van der Waals surface area contributed by atoms with Crippen LogP contribution in [0.3, 0.4) is 0 Å². The first-order valence-electron chi connectivity index (χ1n) is 15.7. The van der Waals surface area contributed by atoms with E-state index in [1.165, 1.54) is 24.6 Å². The number of amides is 2. The Kier molecular flexibility index (Phi) is 12.3. The van der Waals surface area contributed by atoms with Crippen molar-refractivity contribution < 1.29 is 29.6 Å². The molecule has 0 spiro atoms. The average molecular weight is 628 g/mol. The van der Waals surface area contributed by atoms with Crippen LogP contribution in [0.25, 0.3) is 0 Å². The normalized spacial score (nSPS) is 24.3. The van der Waals surface area contributed by atoms with Crippen LogP contribution in [0.15, 0.2) is 42.5 Å². The van der Waals surface area contributed by atoms with Crippen molar-refractivity contribution in [1.29, 1.82) is 0 Å². The van der Waals surface area contributed by atoms with Crippen LogP contribution in [0.1, 0.15) is 73.5 Å². The maximum absolute atomic E-state index is 12.6. The summed E-state index contributed by atoms with van der Waals surface area (Å²) < 4.78 is 5.96. The molecule has 2 amide bonds. The third kappa shape index (κ3) is 9.05. The first-order valence-corrected chi connectivity index (χ1v) is 17.0. The van der Waals surface area contributed by atoms with Crippen molar-refractivity contribution in [3.05, 3.63) is 70.3 Å². The molecule has 2 saturated heterocycles. The van der Waals surface area contributed by atoms with Crippen LogP contribution in [0.2, 0.25) is 0 Å². The zero-order valence-electron chi connectivity index (χ0n) is 26.4. The molecular weight excluding hydrogens is 578 g/mol. The largest absolute Gasteiger partial charge is 0.387 e. The number of nitrogens with one attached hydrogen (secondary N) is 2. The Morgan fingerprint density at radius 2 is 1.68 bits per heavy atom. The number of ether oxygens (including phenoxy) is 1. The molecular formula is C34H49N3O6S. The Balaban J connectivity index is 1.24. The number of hydrogen-bond acceptors (Lipinski definition) is 8. The first kappa shape index (κ1) is 34.4. The third-order valence-electron chi connectivity index (χ3n) is 8.72. The van der Waals surface area contributed by atoms with E-state index in [0.29, 0.717) is 25.8 Å². The third-order valence-corrected chi connectivity index (χ3v) is 9.58. The van der Waals surface area contributed by atoms with E-state index in [-0.39, 0.29) is 11.8 Å². The van der Waals surface area contributed by atoms with Crippen LogP contribution in [-0.2, 0) is 27.2 Å². The predicted octanol–water partition coefficient (Wildman–Crippen LogP) is 2.86.